The van der Waals surface area contributed by atoms with Gasteiger partial charge < -0.3 is 10.1 Å². The number of hydrogen-bond donors (Lipinski definition) is 1. The quantitative estimate of drug-likeness (QED) is 0.812. The Hall–Kier alpha value is -0.940. The minimum atomic E-state index is 0.00953. The number of rotatable bonds is 6. The topological polar surface area (TPSA) is 52.0 Å². The van der Waals surface area contributed by atoms with E-state index in [1.54, 1.807) is 6.33 Å². The molecule has 0 saturated carbocycles. The van der Waals surface area contributed by atoms with E-state index in [1.165, 1.54) is 6.42 Å². The summed E-state index contributed by atoms with van der Waals surface area (Å²) in [6.07, 6.45) is 5.02. The van der Waals surface area contributed by atoms with Crippen molar-refractivity contribution in [3.8, 4) is 0 Å². The molecule has 1 aliphatic heterocycles. The summed E-state index contributed by atoms with van der Waals surface area (Å²) < 4.78 is 7.70. The fourth-order valence-corrected chi connectivity index (χ4v) is 2.24. The lowest BCUT2D eigenvalue weighted by Crippen LogP contribution is -2.37. The smallest absolute Gasteiger partial charge is 0.140 e. The molecule has 1 fully saturated rings. The summed E-state index contributed by atoms with van der Waals surface area (Å²) in [5, 5.41) is 7.63. The molecule has 0 radical (unpaired) electrons. The van der Waals surface area contributed by atoms with Gasteiger partial charge in [-0.25, -0.2) is 9.67 Å². The van der Waals surface area contributed by atoms with Gasteiger partial charge in [0.2, 0.25) is 0 Å². The highest BCUT2D eigenvalue weighted by atomic mass is 16.5. The van der Waals surface area contributed by atoms with Crippen LogP contribution < -0.4 is 5.32 Å². The van der Waals surface area contributed by atoms with Gasteiger partial charge in [-0.05, 0) is 26.2 Å². The first-order chi connectivity index (χ1) is 8.23. The van der Waals surface area contributed by atoms with E-state index in [-0.39, 0.29) is 5.60 Å². The first kappa shape index (κ1) is 12.5. The summed E-state index contributed by atoms with van der Waals surface area (Å²) in [5.41, 5.74) is 0.00953. The number of hydrogen-bond acceptors (Lipinski definition) is 4. The molecule has 5 heteroatoms. The number of aryl methyl sites for hydroxylation is 1. The molecule has 1 aromatic heterocycles. The highest BCUT2D eigenvalue weighted by Gasteiger charge is 2.29. The molecule has 1 unspecified atom stereocenters. The third-order valence-electron chi connectivity index (χ3n) is 3.21. The second-order valence-corrected chi connectivity index (χ2v) is 4.90. The van der Waals surface area contributed by atoms with Crippen molar-refractivity contribution in [2.75, 3.05) is 13.2 Å². The first-order valence-corrected chi connectivity index (χ1v) is 6.45. The Labute approximate surface area is 103 Å². The SMILES string of the molecule is CCCn1ncnc1CNCC1(C)CCCO1. The standard InChI is InChI=1S/C12H22N4O/c1-3-6-16-11(14-10-15-16)8-13-9-12(2)5-4-7-17-12/h10,13H,3-9H2,1-2H3. The summed E-state index contributed by atoms with van der Waals surface area (Å²) in [6.45, 7) is 7.79. The van der Waals surface area contributed by atoms with Crippen molar-refractivity contribution in [3.63, 3.8) is 0 Å². The third-order valence-corrected chi connectivity index (χ3v) is 3.21. The van der Waals surface area contributed by atoms with Crippen LogP contribution >= 0.6 is 0 Å². The number of nitrogens with one attached hydrogen (secondary N) is 1. The normalized spacial score (nSPS) is 24.4. The monoisotopic (exact) mass is 238 g/mol. The van der Waals surface area contributed by atoms with Crippen LogP contribution in [0.15, 0.2) is 6.33 Å². The van der Waals surface area contributed by atoms with Gasteiger partial charge in [-0.2, -0.15) is 5.10 Å². The van der Waals surface area contributed by atoms with Crippen molar-refractivity contribution in [2.45, 2.75) is 51.8 Å². The number of ether oxygens (including phenoxy) is 1. The summed E-state index contributed by atoms with van der Waals surface area (Å²) in [7, 11) is 0. The number of nitrogens with zero attached hydrogens (tertiary/aromatic N) is 3. The Balaban J connectivity index is 1.79. The van der Waals surface area contributed by atoms with Crippen molar-refractivity contribution in [1.29, 1.82) is 0 Å². The van der Waals surface area contributed by atoms with Gasteiger partial charge in [-0.1, -0.05) is 6.92 Å². The Morgan fingerprint density at radius 1 is 1.59 bits per heavy atom. The van der Waals surface area contributed by atoms with Crippen molar-refractivity contribution in [2.24, 2.45) is 0 Å². The Bertz CT molecular complexity index is 344. The summed E-state index contributed by atoms with van der Waals surface area (Å²) in [5.74, 6) is 1.01. The van der Waals surface area contributed by atoms with E-state index in [0.29, 0.717) is 0 Å². The van der Waals surface area contributed by atoms with Gasteiger partial charge in [-0.3, -0.25) is 0 Å². The minimum absolute atomic E-state index is 0.00953. The zero-order valence-electron chi connectivity index (χ0n) is 10.8. The van der Waals surface area contributed by atoms with Gasteiger partial charge in [-0.15, -0.1) is 0 Å². The Morgan fingerprint density at radius 3 is 3.18 bits per heavy atom. The van der Waals surface area contributed by atoms with Crippen LogP contribution in [0.1, 0.15) is 38.9 Å². The molecule has 2 heterocycles. The van der Waals surface area contributed by atoms with Gasteiger partial charge in [0.05, 0.1) is 12.1 Å². The van der Waals surface area contributed by atoms with Crippen molar-refractivity contribution in [3.05, 3.63) is 12.2 Å². The predicted octanol–water partition coefficient (Wildman–Crippen LogP) is 1.35. The van der Waals surface area contributed by atoms with E-state index in [1.807, 2.05) is 4.68 Å². The predicted molar refractivity (Wildman–Crippen MR) is 65.6 cm³/mol. The molecule has 2 rings (SSSR count). The fourth-order valence-electron chi connectivity index (χ4n) is 2.24. The highest BCUT2D eigenvalue weighted by Crippen LogP contribution is 2.23. The zero-order chi connectivity index (χ0) is 12.1. The molecule has 17 heavy (non-hydrogen) atoms. The van der Waals surface area contributed by atoms with Crippen LogP contribution in [0.5, 0.6) is 0 Å². The lowest BCUT2D eigenvalue weighted by Gasteiger charge is -2.23. The summed E-state index contributed by atoms with van der Waals surface area (Å²) >= 11 is 0. The Kier molecular flexibility index (Phi) is 4.12. The second kappa shape index (κ2) is 5.60. The molecule has 5 nitrogen and oxygen atoms in total. The number of aromatic nitrogens is 3. The van der Waals surface area contributed by atoms with Crippen LogP contribution in [0, 0.1) is 0 Å². The van der Waals surface area contributed by atoms with Crippen molar-refractivity contribution >= 4 is 0 Å². The lowest BCUT2D eigenvalue weighted by atomic mass is 10.0. The highest BCUT2D eigenvalue weighted by molar-refractivity contribution is 4.87. The van der Waals surface area contributed by atoms with Gasteiger partial charge in [0, 0.05) is 19.7 Å². The van der Waals surface area contributed by atoms with Gasteiger partial charge in [0.25, 0.3) is 0 Å². The van der Waals surface area contributed by atoms with Crippen LogP contribution in [-0.4, -0.2) is 33.5 Å². The van der Waals surface area contributed by atoms with Crippen LogP contribution in [0.3, 0.4) is 0 Å². The molecule has 1 saturated heterocycles. The maximum absolute atomic E-state index is 5.73. The van der Waals surface area contributed by atoms with Gasteiger partial charge in [0.1, 0.15) is 12.2 Å². The van der Waals surface area contributed by atoms with Crippen LogP contribution in [0.25, 0.3) is 0 Å². The third kappa shape index (κ3) is 3.26. The molecule has 1 N–H and O–H groups in total. The fraction of sp³-hybridized carbons (Fsp3) is 0.833. The maximum atomic E-state index is 5.73. The zero-order valence-corrected chi connectivity index (χ0v) is 10.8. The Morgan fingerprint density at radius 2 is 2.47 bits per heavy atom. The molecule has 0 spiro atoms. The van der Waals surface area contributed by atoms with Crippen molar-refractivity contribution in [1.82, 2.24) is 20.1 Å². The molecule has 1 aliphatic rings. The molecule has 1 aromatic rings. The largest absolute Gasteiger partial charge is 0.374 e. The average Bonchev–Trinajstić information content (AvgIpc) is 2.90. The molecule has 96 valence electrons. The minimum Gasteiger partial charge on any atom is -0.374 e. The van der Waals surface area contributed by atoms with E-state index in [4.69, 9.17) is 4.74 Å². The lowest BCUT2D eigenvalue weighted by molar-refractivity contribution is 0.0205. The van der Waals surface area contributed by atoms with Gasteiger partial charge in [0.15, 0.2) is 0 Å². The molecule has 0 aliphatic carbocycles. The summed E-state index contributed by atoms with van der Waals surface area (Å²) in [4.78, 5) is 4.27. The maximum Gasteiger partial charge on any atom is 0.140 e. The molecule has 0 aromatic carbocycles. The second-order valence-electron chi connectivity index (χ2n) is 4.90. The molecule has 1 atom stereocenters. The molecular formula is C12H22N4O. The van der Waals surface area contributed by atoms with Crippen LogP contribution in [0.4, 0.5) is 0 Å². The van der Waals surface area contributed by atoms with Crippen LogP contribution in [-0.2, 0) is 17.8 Å². The summed E-state index contributed by atoms with van der Waals surface area (Å²) in [6, 6.07) is 0. The van der Waals surface area contributed by atoms with Crippen LogP contribution in [0.2, 0.25) is 0 Å². The average molecular weight is 238 g/mol. The first-order valence-electron chi connectivity index (χ1n) is 6.45. The molecule has 0 bridgehead atoms. The van der Waals surface area contributed by atoms with E-state index in [9.17, 15) is 0 Å². The van der Waals surface area contributed by atoms with E-state index >= 15 is 0 Å². The van der Waals surface area contributed by atoms with E-state index < -0.39 is 0 Å². The molecule has 0 amide bonds. The molecular weight excluding hydrogens is 216 g/mol. The van der Waals surface area contributed by atoms with E-state index in [0.717, 1.165) is 44.9 Å². The van der Waals surface area contributed by atoms with Crippen molar-refractivity contribution < 1.29 is 4.74 Å². The van der Waals surface area contributed by atoms with Gasteiger partial charge >= 0.3 is 0 Å². The van der Waals surface area contributed by atoms with E-state index in [2.05, 4.69) is 29.2 Å².